The first kappa shape index (κ1) is 23.0. The normalized spacial score (nSPS) is 11.3. The third-order valence-electron chi connectivity index (χ3n) is 4.39. The molecule has 160 valence electrons. The van der Waals surface area contributed by atoms with Crippen LogP contribution in [0, 0.1) is 6.92 Å². The van der Waals surface area contributed by atoms with E-state index in [0.29, 0.717) is 17.1 Å². The van der Waals surface area contributed by atoms with Crippen molar-refractivity contribution in [1.82, 2.24) is 5.43 Å². The lowest BCUT2D eigenvalue weighted by atomic mass is 10.1. The molecule has 0 heterocycles. The fourth-order valence-corrected chi connectivity index (χ4v) is 3.93. The van der Waals surface area contributed by atoms with Gasteiger partial charge in [-0.3, -0.25) is 9.59 Å². The second kappa shape index (κ2) is 10.5. The Kier molecular flexibility index (Phi) is 7.81. The average Bonchev–Trinajstić information content (AvgIpc) is 2.73. The number of hydrogen-bond donors (Lipinski definition) is 2. The van der Waals surface area contributed by atoms with E-state index in [9.17, 15) is 9.59 Å². The molecular weight excluding hydrogens is 526 g/mol. The van der Waals surface area contributed by atoms with Crippen LogP contribution in [0.25, 0.3) is 10.8 Å². The summed E-state index contributed by atoms with van der Waals surface area (Å²) in [6.45, 7) is 3.41. The van der Waals surface area contributed by atoms with E-state index < -0.39 is 5.91 Å². The molecule has 0 aromatic heterocycles. The van der Waals surface area contributed by atoms with Crippen molar-refractivity contribution in [2.24, 2.45) is 5.10 Å². The van der Waals surface area contributed by atoms with Gasteiger partial charge in [0.25, 0.3) is 5.91 Å². The van der Waals surface area contributed by atoms with E-state index in [4.69, 9.17) is 4.74 Å². The average molecular weight is 547 g/mol. The molecule has 0 radical (unpaired) electrons. The number of nitrogens with one attached hydrogen (secondary N) is 2. The summed E-state index contributed by atoms with van der Waals surface area (Å²) in [4.78, 5) is 24.3. The highest BCUT2D eigenvalue weighted by atomic mass is 79.9. The number of rotatable bonds is 7. The number of ether oxygens (including phenoxy) is 1. The fourth-order valence-electron chi connectivity index (χ4n) is 2.82. The number of carbonyl (C=O) groups excluding carboxylic acids is 2. The molecule has 2 N–H and O–H groups in total. The third kappa shape index (κ3) is 6.63. The van der Waals surface area contributed by atoms with Gasteiger partial charge in [-0.05, 0) is 70.4 Å². The van der Waals surface area contributed by atoms with Crippen molar-refractivity contribution in [2.75, 3.05) is 11.9 Å². The molecule has 8 heteroatoms. The minimum absolute atomic E-state index is 0.0609. The minimum atomic E-state index is -0.415. The van der Waals surface area contributed by atoms with Crippen LogP contribution in [0.3, 0.4) is 0 Å². The fraction of sp³-hybridized carbons (Fsp3) is 0.174. The van der Waals surface area contributed by atoms with Gasteiger partial charge in [0.2, 0.25) is 5.91 Å². The molecule has 0 unspecified atom stereocenters. The van der Waals surface area contributed by atoms with Crippen molar-refractivity contribution < 1.29 is 14.3 Å². The van der Waals surface area contributed by atoms with Crippen LogP contribution in [0.5, 0.6) is 5.75 Å². The Morgan fingerprint density at radius 1 is 0.968 bits per heavy atom. The first-order chi connectivity index (χ1) is 14.8. The van der Waals surface area contributed by atoms with E-state index in [1.165, 1.54) is 0 Å². The molecule has 0 bridgehead atoms. The first-order valence-electron chi connectivity index (χ1n) is 9.51. The summed E-state index contributed by atoms with van der Waals surface area (Å²) in [5, 5.41) is 8.98. The van der Waals surface area contributed by atoms with Crippen molar-refractivity contribution >= 4 is 65.8 Å². The lowest BCUT2D eigenvalue weighted by Gasteiger charge is -2.10. The number of benzene rings is 3. The number of hydrazone groups is 1. The van der Waals surface area contributed by atoms with Crippen molar-refractivity contribution in [1.29, 1.82) is 0 Å². The van der Waals surface area contributed by atoms with Crippen LogP contribution in [0.4, 0.5) is 5.69 Å². The summed E-state index contributed by atoms with van der Waals surface area (Å²) in [5.74, 6) is -0.0654. The molecule has 2 amide bonds. The molecule has 3 rings (SSSR count). The van der Waals surface area contributed by atoms with E-state index in [-0.39, 0.29) is 18.9 Å². The van der Waals surface area contributed by atoms with Gasteiger partial charge >= 0.3 is 0 Å². The van der Waals surface area contributed by atoms with Crippen LogP contribution < -0.4 is 15.5 Å². The largest absolute Gasteiger partial charge is 0.483 e. The zero-order chi connectivity index (χ0) is 22.4. The number of fused-ring (bicyclic) bond motifs is 1. The molecule has 3 aromatic carbocycles. The second-order valence-electron chi connectivity index (χ2n) is 6.99. The molecule has 0 fully saturated rings. The molecule has 0 atom stereocenters. The van der Waals surface area contributed by atoms with Crippen LogP contribution in [0.2, 0.25) is 0 Å². The van der Waals surface area contributed by atoms with Crippen molar-refractivity contribution in [2.45, 2.75) is 20.3 Å². The first-order valence-corrected chi connectivity index (χ1v) is 11.1. The molecule has 31 heavy (non-hydrogen) atoms. The topological polar surface area (TPSA) is 79.8 Å². The number of hydrogen-bond acceptors (Lipinski definition) is 4. The smallest absolute Gasteiger partial charge is 0.277 e. The van der Waals surface area contributed by atoms with Crippen LogP contribution in [0.15, 0.2) is 68.6 Å². The van der Waals surface area contributed by atoms with E-state index in [1.54, 1.807) is 6.92 Å². The van der Waals surface area contributed by atoms with E-state index in [1.807, 2.05) is 61.5 Å². The Morgan fingerprint density at radius 2 is 1.71 bits per heavy atom. The van der Waals surface area contributed by atoms with Crippen molar-refractivity contribution in [3.63, 3.8) is 0 Å². The Hall–Kier alpha value is -2.71. The van der Waals surface area contributed by atoms with Crippen LogP contribution in [0.1, 0.15) is 18.9 Å². The highest BCUT2D eigenvalue weighted by Gasteiger charge is 2.09. The maximum absolute atomic E-state index is 12.3. The lowest BCUT2D eigenvalue weighted by Crippen LogP contribution is -2.26. The van der Waals surface area contributed by atoms with Gasteiger partial charge in [0.1, 0.15) is 5.75 Å². The lowest BCUT2D eigenvalue weighted by molar-refractivity contribution is -0.123. The van der Waals surface area contributed by atoms with Crippen LogP contribution in [-0.4, -0.2) is 24.1 Å². The number of halogens is 2. The summed E-state index contributed by atoms with van der Waals surface area (Å²) in [6.07, 6.45) is 0.0609. The molecule has 0 saturated carbocycles. The monoisotopic (exact) mass is 545 g/mol. The molecular formula is C23H21Br2N3O3. The zero-order valence-corrected chi connectivity index (χ0v) is 20.2. The highest BCUT2D eigenvalue weighted by Crippen LogP contribution is 2.31. The molecule has 6 nitrogen and oxygen atoms in total. The standard InChI is InChI=1S/C23H21Br2N3O3/c1-14-9-21(20(25)12-19(14)24)31-13-23(30)28-27-15(2)10-22(29)26-18-8-7-16-5-3-4-6-17(16)11-18/h3-9,11-12H,10,13H2,1-2H3,(H,26,29)(H,28,30)/b27-15+. The molecule has 0 aliphatic heterocycles. The van der Waals surface area contributed by atoms with E-state index in [2.05, 4.69) is 47.7 Å². The summed E-state index contributed by atoms with van der Waals surface area (Å²) >= 11 is 6.84. The number of nitrogens with zero attached hydrogens (tertiary/aromatic N) is 1. The Balaban J connectivity index is 1.48. The van der Waals surface area contributed by atoms with Gasteiger partial charge in [0.05, 0.1) is 10.9 Å². The SMILES string of the molecule is C/C(CC(=O)Nc1ccc2ccccc2c1)=N\NC(=O)COc1cc(C)c(Br)cc1Br. The molecule has 0 aliphatic rings. The van der Waals surface area contributed by atoms with Gasteiger partial charge in [-0.25, -0.2) is 5.43 Å². The van der Waals surface area contributed by atoms with Gasteiger partial charge < -0.3 is 10.1 Å². The number of aryl methyl sites for hydroxylation is 1. The Bertz CT molecular complexity index is 1160. The number of anilines is 1. The Morgan fingerprint density at radius 3 is 2.48 bits per heavy atom. The number of amides is 2. The summed E-state index contributed by atoms with van der Waals surface area (Å²) in [6, 6.07) is 17.3. The number of carbonyl (C=O) groups is 2. The summed E-state index contributed by atoms with van der Waals surface area (Å²) in [5.41, 5.74) is 4.59. The molecule has 0 saturated heterocycles. The molecule has 0 aliphatic carbocycles. The van der Waals surface area contributed by atoms with Crippen LogP contribution in [-0.2, 0) is 9.59 Å². The molecule has 3 aromatic rings. The molecule has 0 spiro atoms. The summed E-state index contributed by atoms with van der Waals surface area (Å²) < 4.78 is 7.22. The highest BCUT2D eigenvalue weighted by molar-refractivity contribution is 9.11. The van der Waals surface area contributed by atoms with Gasteiger partial charge in [0, 0.05) is 15.9 Å². The zero-order valence-electron chi connectivity index (χ0n) is 17.0. The third-order valence-corrected chi connectivity index (χ3v) is 5.87. The van der Waals surface area contributed by atoms with E-state index >= 15 is 0 Å². The van der Waals surface area contributed by atoms with Crippen LogP contribution >= 0.6 is 31.9 Å². The maximum atomic E-state index is 12.3. The van der Waals surface area contributed by atoms with Gasteiger partial charge in [-0.1, -0.05) is 46.3 Å². The predicted octanol–water partition coefficient (Wildman–Crippen LogP) is 5.57. The van der Waals surface area contributed by atoms with Gasteiger partial charge in [-0.2, -0.15) is 5.10 Å². The van der Waals surface area contributed by atoms with Gasteiger partial charge in [-0.15, -0.1) is 0 Å². The minimum Gasteiger partial charge on any atom is -0.483 e. The quantitative estimate of drug-likeness (QED) is 0.300. The summed E-state index contributed by atoms with van der Waals surface area (Å²) in [7, 11) is 0. The Labute approximate surface area is 197 Å². The predicted molar refractivity (Wildman–Crippen MR) is 131 cm³/mol. The van der Waals surface area contributed by atoms with Gasteiger partial charge in [0.15, 0.2) is 6.61 Å². The van der Waals surface area contributed by atoms with E-state index in [0.717, 1.165) is 25.3 Å². The van der Waals surface area contributed by atoms with Crippen molar-refractivity contribution in [3.8, 4) is 5.75 Å². The maximum Gasteiger partial charge on any atom is 0.277 e. The van der Waals surface area contributed by atoms with Crippen molar-refractivity contribution in [3.05, 3.63) is 69.1 Å². The second-order valence-corrected chi connectivity index (χ2v) is 8.70.